The van der Waals surface area contributed by atoms with Crippen molar-refractivity contribution in [1.82, 2.24) is 4.90 Å². The van der Waals surface area contributed by atoms with Gasteiger partial charge in [-0.1, -0.05) is 19.4 Å². The lowest BCUT2D eigenvalue weighted by Crippen LogP contribution is -2.39. The molecule has 0 fully saturated rings. The minimum absolute atomic E-state index is 0.0876. The van der Waals surface area contributed by atoms with Gasteiger partial charge in [-0.05, 0) is 31.2 Å². The normalized spacial score (nSPS) is 10.5. The highest BCUT2D eigenvalue weighted by molar-refractivity contribution is 5.93. The average molecular weight is 278 g/mol. The molecule has 5 N–H and O–H groups in total. The van der Waals surface area contributed by atoms with Gasteiger partial charge in [0.25, 0.3) is 0 Å². The van der Waals surface area contributed by atoms with E-state index in [9.17, 15) is 9.59 Å². The van der Waals surface area contributed by atoms with Gasteiger partial charge in [0.2, 0.25) is 11.8 Å². The van der Waals surface area contributed by atoms with Crippen LogP contribution in [0.5, 0.6) is 0 Å². The standard InChI is InChI=1S/C14H22N4O2/c1-2-3-7-18(9-13(16)19)10-14(20)17-12-6-4-5-11(15)8-12/h4-6,8H,2-3,7,9-10,15H2,1H3,(H2,16,19)(H,17,20). The Bertz CT molecular complexity index is 462. The largest absolute Gasteiger partial charge is 0.399 e. The lowest BCUT2D eigenvalue weighted by Gasteiger charge is -2.19. The van der Waals surface area contributed by atoms with Crippen LogP contribution in [-0.2, 0) is 9.59 Å². The van der Waals surface area contributed by atoms with Gasteiger partial charge in [-0.15, -0.1) is 0 Å². The summed E-state index contributed by atoms with van der Waals surface area (Å²) >= 11 is 0. The van der Waals surface area contributed by atoms with E-state index in [2.05, 4.69) is 12.2 Å². The Morgan fingerprint density at radius 1 is 1.30 bits per heavy atom. The number of hydrogen-bond donors (Lipinski definition) is 3. The minimum atomic E-state index is -0.433. The summed E-state index contributed by atoms with van der Waals surface area (Å²) in [5, 5.41) is 2.75. The summed E-state index contributed by atoms with van der Waals surface area (Å²) in [4.78, 5) is 24.7. The SMILES string of the molecule is CCCCN(CC(N)=O)CC(=O)Nc1cccc(N)c1. The van der Waals surface area contributed by atoms with Gasteiger partial charge >= 0.3 is 0 Å². The molecule has 0 spiro atoms. The zero-order valence-electron chi connectivity index (χ0n) is 11.8. The number of rotatable bonds is 8. The molecule has 0 aliphatic heterocycles. The van der Waals surface area contributed by atoms with Gasteiger partial charge in [0.15, 0.2) is 0 Å². The third-order valence-corrected chi connectivity index (χ3v) is 2.74. The summed E-state index contributed by atoms with van der Waals surface area (Å²) in [6, 6.07) is 6.96. The Labute approximate surface area is 119 Å². The second-order valence-corrected chi connectivity index (χ2v) is 4.70. The number of primary amides is 1. The third kappa shape index (κ3) is 6.19. The minimum Gasteiger partial charge on any atom is -0.399 e. The molecule has 2 amide bonds. The smallest absolute Gasteiger partial charge is 0.238 e. The first-order valence-electron chi connectivity index (χ1n) is 6.67. The molecular formula is C14H22N4O2. The van der Waals surface area contributed by atoms with Crippen LogP contribution in [0, 0.1) is 0 Å². The molecule has 0 radical (unpaired) electrons. The Balaban J connectivity index is 2.54. The number of unbranched alkanes of at least 4 members (excludes halogenated alkanes) is 1. The highest BCUT2D eigenvalue weighted by atomic mass is 16.2. The van der Waals surface area contributed by atoms with E-state index < -0.39 is 5.91 Å². The summed E-state index contributed by atoms with van der Waals surface area (Å²) in [5.74, 6) is -0.620. The van der Waals surface area contributed by atoms with E-state index in [1.807, 2.05) is 0 Å². The lowest BCUT2D eigenvalue weighted by molar-refractivity contribution is -0.121. The molecule has 0 saturated carbocycles. The van der Waals surface area contributed by atoms with Crippen LogP contribution < -0.4 is 16.8 Å². The zero-order chi connectivity index (χ0) is 15.0. The van der Waals surface area contributed by atoms with Crippen molar-refractivity contribution in [3.05, 3.63) is 24.3 Å². The van der Waals surface area contributed by atoms with E-state index in [0.29, 0.717) is 17.9 Å². The van der Waals surface area contributed by atoms with Crippen molar-refractivity contribution in [3.8, 4) is 0 Å². The van der Waals surface area contributed by atoms with Crippen molar-refractivity contribution in [2.24, 2.45) is 5.73 Å². The van der Waals surface area contributed by atoms with Crippen molar-refractivity contribution >= 4 is 23.2 Å². The fourth-order valence-corrected chi connectivity index (χ4v) is 1.84. The maximum Gasteiger partial charge on any atom is 0.238 e. The van der Waals surface area contributed by atoms with Crippen LogP contribution in [0.15, 0.2) is 24.3 Å². The van der Waals surface area contributed by atoms with E-state index in [4.69, 9.17) is 11.5 Å². The molecule has 0 bridgehead atoms. The second-order valence-electron chi connectivity index (χ2n) is 4.70. The van der Waals surface area contributed by atoms with Crippen LogP contribution >= 0.6 is 0 Å². The maximum atomic E-state index is 11.9. The van der Waals surface area contributed by atoms with E-state index >= 15 is 0 Å². The quantitative estimate of drug-likeness (QED) is 0.612. The molecule has 0 aliphatic rings. The van der Waals surface area contributed by atoms with Crippen molar-refractivity contribution in [1.29, 1.82) is 0 Å². The van der Waals surface area contributed by atoms with E-state index in [-0.39, 0.29) is 19.0 Å². The van der Waals surface area contributed by atoms with Crippen LogP contribution in [0.4, 0.5) is 11.4 Å². The molecule has 1 aromatic rings. The predicted octanol–water partition coefficient (Wildman–Crippen LogP) is 0.795. The molecule has 1 aromatic carbocycles. The molecule has 0 saturated heterocycles. The Kier molecular flexibility index (Phi) is 6.52. The molecule has 6 nitrogen and oxygen atoms in total. The number of amides is 2. The van der Waals surface area contributed by atoms with Gasteiger partial charge in [0, 0.05) is 11.4 Å². The van der Waals surface area contributed by atoms with Crippen LogP contribution in [0.1, 0.15) is 19.8 Å². The second kappa shape index (κ2) is 8.16. The summed E-state index contributed by atoms with van der Waals surface area (Å²) in [7, 11) is 0. The molecule has 0 aromatic heterocycles. The highest BCUT2D eigenvalue weighted by Gasteiger charge is 2.12. The number of benzene rings is 1. The molecule has 20 heavy (non-hydrogen) atoms. The van der Waals surface area contributed by atoms with Gasteiger partial charge in [0.05, 0.1) is 13.1 Å². The number of nitrogens with one attached hydrogen (secondary N) is 1. The number of hydrogen-bond acceptors (Lipinski definition) is 4. The Morgan fingerprint density at radius 2 is 2.05 bits per heavy atom. The topological polar surface area (TPSA) is 101 Å². The van der Waals surface area contributed by atoms with E-state index in [1.54, 1.807) is 29.2 Å². The monoisotopic (exact) mass is 278 g/mol. The number of carbonyl (C=O) groups excluding carboxylic acids is 2. The van der Waals surface area contributed by atoms with Crippen LogP contribution in [0.2, 0.25) is 0 Å². The van der Waals surface area contributed by atoms with Crippen LogP contribution in [0.25, 0.3) is 0 Å². The summed E-state index contributed by atoms with van der Waals surface area (Å²) in [6.45, 7) is 2.95. The molecule has 110 valence electrons. The molecular weight excluding hydrogens is 256 g/mol. The predicted molar refractivity (Wildman–Crippen MR) is 80.0 cm³/mol. The fourth-order valence-electron chi connectivity index (χ4n) is 1.84. The molecule has 0 unspecified atom stereocenters. The number of carbonyl (C=O) groups is 2. The lowest BCUT2D eigenvalue weighted by atomic mass is 10.2. The highest BCUT2D eigenvalue weighted by Crippen LogP contribution is 2.11. The van der Waals surface area contributed by atoms with Crippen molar-refractivity contribution in [3.63, 3.8) is 0 Å². The number of anilines is 2. The average Bonchev–Trinajstić information content (AvgIpc) is 2.35. The Hall–Kier alpha value is -2.08. The van der Waals surface area contributed by atoms with E-state index in [0.717, 1.165) is 12.8 Å². The fraction of sp³-hybridized carbons (Fsp3) is 0.429. The molecule has 0 aliphatic carbocycles. The van der Waals surface area contributed by atoms with Crippen molar-refractivity contribution in [2.75, 3.05) is 30.7 Å². The van der Waals surface area contributed by atoms with Gasteiger partial charge in [-0.3, -0.25) is 14.5 Å². The molecule has 0 atom stereocenters. The van der Waals surface area contributed by atoms with Gasteiger partial charge in [0.1, 0.15) is 0 Å². The summed E-state index contributed by atoms with van der Waals surface area (Å²) < 4.78 is 0. The summed E-state index contributed by atoms with van der Waals surface area (Å²) in [5.41, 5.74) is 12.1. The maximum absolute atomic E-state index is 11.9. The first-order chi connectivity index (χ1) is 9.51. The van der Waals surface area contributed by atoms with Crippen LogP contribution in [0.3, 0.4) is 0 Å². The van der Waals surface area contributed by atoms with Gasteiger partial charge < -0.3 is 16.8 Å². The third-order valence-electron chi connectivity index (χ3n) is 2.74. The number of nitrogens with zero attached hydrogens (tertiary/aromatic N) is 1. The molecule has 1 rings (SSSR count). The zero-order valence-corrected chi connectivity index (χ0v) is 11.8. The van der Waals surface area contributed by atoms with Crippen molar-refractivity contribution < 1.29 is 9.59 Å². The van der Waals surface area contributed by atoms with Gasteiger partial charge in [-0.2, -0.15) is 0 Å². The molecule has 6 heteroatoms. The van der Waals surface area contributed by atoms with Gasteiger partial charge in [-0.25, -0.2) is 0 Å². The van der Waals surface area contributed by atoms with Crippen molar-refractivity contribution in [2.45, 2.75) is 19.8 Å². The number of nitrogen functional groups attached to an aromatic ring is 1. The van der Waals surface area contributed by atoms with E-state index in [1.165, 1.54) is 0 Å². The first kappa shape index (κ1) is 16.0. The summed E-state index contributed by atoms with van der Waals surface area (Å²) in [6.07, 6.45) is 1.91. The first-order valence-corrected chi connectivity index (χ1v) is 6.67. The number of nitrogens with two attached hydrogens (primary N) is 2. The Morgan fingerprint density at radius 3 is 2.65 bits per heavy atom. The molecule has 0 heterocycles. The van der Waals surface area contributed by atoms with Crippen LogP contribution in [-0.4, -0.2) is 36.3 Å².